The van der Waals surface area contributed by atoms with E-state index in [0.717, 1.165) is 33.6 Å². The maximum absolute atomic E-state index is 12.7. The van der Waals surface area contributed by atoms with Crippen molar-refractivity contribution in [2.24, 2.45) is 0 Å². The zero-order chi connectivity index (χ0) is 17.6. The molecule has 1 aromatic carbocycles. The number of piperidine rings is 1. The molecular weight excluding hydrogens is 376 g/mol. The molecule has 7 heteroatoms. The van der Waals surface area contributed by atoms with E-state index in [0.29, 0.717) is 23.2 Å². The fraction of sp³-hybridized carbons (Fsp3) is 0.333. The van der Waals surface area contributed by atoms with Gasteiger partial charge in [0.1, 0.15) is 4.21 Å². The molecule has 0 amide bonds. The van der Waals surface area contributed by atoms with Crippen molar-refractivity contribution in [1.82, 2.24) is 9.29 Å². The van der Waals surface area contributed by atoms with Crippen molar-refractivity contribution in [2.45, 2.75) is 29.9 Å². The molecule has 0 unspecified atom stereocenters. The van der Waals surface area contributed by atoms with Gasteiger partial charge >= 0.3 is 0 Å². The van der Waals surface area contributed by atoms with Crippen LogP contribution < -0.4 is 0 Å². The third kappa shape index (κ3) is 3.24. The molecule has 0 bridgehead atoms. The number of nitrogens with zero attached hydrogens (tertiary/aromatic N) is 1. The minimum absolute atomic E-state index is 0.350. The normalized spacial score (nSPS) is 17.4. The Bertz CT molecular complexity index is 1010. The lowest BCUT2D eigenvalue weighted by Gasteiger charge is -2.30. The van der Waals surface area contributed by atoms with Crippen molar-refractivity contribution in [3.8, 4) is 0 Å². The van der Waals surface area contributed by atoms with E-state index in [1.54, 1.807) is 10.4 Å². The Balaban J connectivity index is 1.50. The molecular formula is C18H19ClN2O2S2. The molecule has 2 aromatic heterocycles. The minimum atomic E-state index is -3.35. The second-order valence-electron chi connectivity index (χ2n) is 6.50. The molecule has 3 aromatic rings. The van der Waals surface area contributed by atoms with Gasteiger partial charge in [-0.05, 0) is 56.2 Å². The Morgan fingerprint density at radius 2 is 1.92 bits per heavy atom. The van der Waals surface area contributed by atoms with Crippen molar-refractivity contribution in [3.05, 3.63) is 52.0 Å². The number of aromatic amines is 1. The van der Waals surface area contributed by atoms with E-state index in [9.17, 15) is 8.42 Å². The molecule has 1 aliphatic rings. The molecule has 1 fully saturated rings. The quantitative estimate of drug-likeness (QED) is 0.696. The lowest BCUT2D eigenvalue weighted by Crippen LogP contribution is -2.37. The average molecular weight is 395 g/mol. The highest BCUT2D eigenvalue weighted by molar-refractivity contribution is 7.91. The number of hydrogen-bond acceptors (Lipinski definition) is 3. The molecule has 132 valence electrons. The van der Waals surface area contributed by atoms with E-state index < -0.39 is 10.0 Å². The van der Waals surface area contributed by atoms with Gasteiger partial charge in [-0.3, -0.25) is 0 Å². The summed E-state index contributed by atoms with van der Waals surface area (Å²) in [6.07, 6.45) is 1.65. The van der Waals surface area contributed by atoms with Crippen LogP contribution in [0.4, 0.5) is 0 Å². The largest absolute Gasteiger partial charge is 0.358 e. The second-order valence-corrected chi connectivity index (χ2v) is 10.4. The van der Waals surface area contributed by atoms with E-state index in [4.69, 9.17) is 11.6 Å². The fourth-order valence-electron chi connectivity index (χ4n) is 3.43. The summed E-state index contributed by atoms with van der Waals surface area (Å²) in [5.41, 5.74) is 2.24. The lowest BCUT2D eigenvalue weighted by molar-refractivity contribution is 0.318. The number of hydrogen-bond donors (Lipinski definition) is 1. The summed E-state index contributed by atoms with van der Waals surface area (Å²) in [5, 5.41) is 1.83. The van der Waals surface area contributed by atoms with Crippen molar-refractivity contribution in [1.29, 1.82) is 0 Å². The Hall–Kier alpha value is -1.34. The van der Waals surface area contributed by atoms with Gasteiger partial charge < -0.3 is 4.98 Å². The smallest absolute Gasteiger partial charge is 0.252 e. The number of nitrogens with one attached hydrogen (secondary N) is 1. The molecule has 25 heavy (non-hydrogen) atoms. The third-order valence-electron chi connectivity index (χ3n) is 4.81. The van der Waals surface area contributed by atoms with Crippen LogP contribution in [0.2, 0.25) is 5.02 Å². The summed E-state index contributed by atoms with van der Waals surface area (Å²) in [6.45, 7) is 3.04. The highest BCUT2D eigenvalue weighted by Gasteiger charge is 2.31. The summed E-state index contributed by atoms with van der Waals surface area (Å²) in [7, 11) is -3.35. The number of H-pyrrole nitrogens is 1. The van der Waals surface area contributed by atoms with E-state index in [1.165, 1.54) is 17.0 Å². The molecule has 0 atom stereocenters. The van der Waals surface area contributed by atoms with Gasteiger partial charge in [0.25, 0.3) is 10.0 Å². The van der Waals surface area contributed by atoms with Crippen molar-refractivity contribution in [2.75, 3.05) is 13.1 Å². The van der Waals surface area contributed by atoms with Gasteiger partial charge in [0.05, 0.1) is 0 Å². The van der Waals surface area contributed by atoms with Crippen LogP contribution in [0.1, 0.15) is 29.3 Å². The molecule has 0 aliphatic carbocycles. The Morgan fingerprint density at radius 1 is 1.16 bits per heavy atom. The number of fused-ring (bicyclic) bond motifs is 1. The standard InChI is InChI=1S/C18H19ClN2O2S2/c1-12-2-5-18(24-12)25(22,23)21-8-6-13(7-9-21)17-11-14-10-15(19)3-4-16(14)20-17/h2-5,10-11,13,20H,6-9H2,1H3. The molecule has 4 rings (SSSR count). The van der Waals surface area contributed by atoms with Gasteiger partial charge in [0, 0.05) is 45.5 Å². The summed E-state index contributed by atoms with van der Waals surface area (Å²) in [4.78, 5) is 4.48. The highest BCUT2D eigenvalue weighted by atomic mass is 35.5. The lowest BCUT2D eigenvalue weighted by atomic mass is 9.95. The molecule has 1 aliphatic heterocycles. The monoisotopic (exact) mass is 394 g/mol. The number of aryl methyl sites for hydroxylation is 1. The van der Waals surface area contributed by atoms with Gasteiger partial charge in [0.2, 0.25) is 0 Å². The summed E-state index contributed by atoms with van der Waals surface area (Å²) in [5.74, 6) is 0.350. The van der Waals surface area contributed by atoms with Crippen LogP contribution >= 0.6 is 22.9 Å². The zero-order valence-electron chi connectivity index (χ0n) is 13.8. The fourth-order valence-corrected chi connectivity index (χ4v) is 6.52. The van der Waals surface area contributed by atoms with Crippen molar-refractivity contribution < 1.29 is 8.42 Å². The van der Waals surface area contributed by atoms with Crippen LogP contribution in [0.15, 0.2) is 40.6 Å². The number of benzene rings is 1. The first-order valence-electron chi connectivity index (χ1n) is 8.28. The summed E-state index contributed by atoms with van der Waals surface area (Å²) in [6, 6.07) is 11.5. The van der Waals surface area contributed by atoms with Crippen LogP contribution in [-0.2, 0) is 10.0 Å². The predicted octanol–water partition coefficient (Wildman–Crippen LogP) is 4.76. The topological polar surface area (TPSA) is 53.2 Å². The Kier molecular flexibility index (Phi) is 4.40. The van der Waals surface area contributed by atoms with Gasteiger partial charge in [-0.15, -0.1) is 11.3 Å². The van der Waals surface area contributed by atoms with Crippen LogP contribution in [0.25, 0.3) is 10.9 Å². The maximum atomic E-state index is 12.7. The highest BCUT2D eigenvalue weighted by Crippen LogP contribution is 2.33. The Morgan fingerprint density at radius 3 is 2.60 bits per heavy atom. The molecule has 1 N–H and O–H groups in total. The van der Waals surface area contributed by atoms with E-state index in [2.05, 4.69) is 11.1 Å². The van der Waals surface area contributed by atoms with Crippen LogP contribution in [0.3, 0.4) is 0 Å². The molecule has 1 saturated heterocycles. The van der Waals surface area contributed by atoms with Crippen LogP contribution in [0, 0.1) is 6.92 Å². The zero-order valence-corrected chi connectivity index (χ0v) is 16.2. The number of halogens is 1. The molecule has 3 heterocycles. The van der Waals surface area contributed by atoms with Gasteiger partial charge in [-0.25, -0.2) is 8.42 Å². The van der Waals surface area contributed by atoms with E-state index >= 15 is 0 Å². The van der Waals surface area contributed by atoms with Crippen LogP contribution in [-0.4, -0.2) is 30.8 Å². The van der Waals surface area contributed by atoms with Gasteiger partial charge in [-0.1, -0.05) is 11.6 Å². The minimum Gasteiger partial charge on any atom is -0.358 e. The van der Waals surface area contributed by atoms with E-state index in [1.807, 2.05) is 31.2 Å². The maximum Gasteiger partial charge on any atom is 0.252 e. The summed E-state index contributed by atoms with van der Waals surface area (Å²) >= 11 is 7.40. The first-order valence-corrected chi connectivity index (χ1v) is 10.9. The Labute approximate surface area is 156 Å². The molecule has 0 radical (unpaired) electrons. The predicted molar refractivity (Wildman–Crippen MR) is 103 cm³/mol. The van der Waals surface area contributed by atoms with Crippen molar-refractivity contribution >= 4 is 43.9 Å². The first kappa shape index (κ1) is 17.1. The molecule has 4 nitrogen and oxygen atoms in total. The van der Waals surface area contributed by atoms with Crippen molar-refractivity contribution in [3.63, 3.8) is 0 Å². The first-order chi connectivity index (χ1) is 11.9. The van der Waals surface area contributed by atoms with E-state index in [-0.39, 0.29) is 0 Å². The molecule has 0 saturated carbocycles. The average Bonchev–Trinajstić information content (AvgIpc) is 3.21. The second kappa shape index (κ2) is 6.43. The van der Waals surface area contributed by atoms with Crippen LogP contribution in [0.5, 0.6) is 0 Å². The third-order valence-corrected chi connectivity index (χ3v) is 8.41. The van der Waals surface area contributed by atoms with Gasteiger partial charge in [-0.2, -0.15) is 4.31 Å². The van der Waals surface area contributed by atoms with Gasteiger partial charge in [0.15, 0.2) is 0 Å². The number of sulfonamides is 1. The number of thiophene rings is 1. The SMILES string of the molecule is Cc1ccc(S(=O)(=O)N2CCC(c3cc4cc(Cl)ccc4[nH]3)CC2)s1. The number of rotatable bonds is 3. The number of aromatic nitrogens is 1. The molecule has 0 spiro atoms. The summed E-state index contributed by atoms with van der Waals surface area (Å²) < 4.78 is 27.5.